The van der Waals surface area contributed by atoms with Gasteiger partial charge in [-0.3, -0.25) is 4.90 Å². The number of methoxy groups -OCH3 is 1. The Labute approximate surface area is 160 Å². The zero-order valence-corrected chi connectivity index (χ0v) is 16.5. The van der Waals surface area contributed by atoms with Crippen LogP contribution in [-0.4, -0.2) is 57.9 Å². The molecule has 2 N–H and O–H groups in total. The second kappa shape index (κ2) is 7.41. The van der Waals surface area contributed by atoms with Gasteiger partial charge in [-0.25, -0.2) is 17.9 Å². The maximum Gasteiger partial charge on any atom is 0.332 e. The molecule has 4 rings (SSSR count). The van der Waals surface area contributed by atoms with Gasteiger partial charge in [-0.15, -0.1) is 0 Å². The summed E-state index contributed by atoms with van der Waals surface area (Å²) in [6.07, 6.45) is 6.15. The van der Waals surface area contributed by atoms with Crippen LogP contribution in [-0.2, 0) is 40.4 Å². The fourth-order valence-corrected chi connectivity index (χ4v) is 5.73. The van der Waals surface area contributed by atoms with Gasteiger partial charge in [0.25, 0.3) is 0 Å². The van der Waals surface area contributed by atoms with E-state index in [0.717, 1.165) is 44.2 Å². The van der Waals surface area contributed by atoms with Crippen LogP contribution in [0, 0.1) is 0 Å². The molecule has 1 aliphatic heterocycles. The first-order valence-electron chi connectivity index (χ1n) is 9.68. The van der Waals surface area contributed by atoms with E-state index in [9.17, 15) is 13.2 Å². The van der Waals surface area contributed by atoms with E-state index in [1.165, 1.54) is 22.3 Å². The molecule has 0 unspecified atom stereocenters. The molecule has 8 heteroatoms. The topological polar surface area (TPSA) is 87.7 Å². The Morgan fingerprint density at radius 2 is 1.78 bits per heavy atom. The Balaban J connectivity index is 1.42. The number of nitrogens with one attached hydrogen (secondary N) is 2. The number of carbonyl (C=O) groups is 1. The van der Waals surface area contributed by atoms with Crippen LogP contribution in [0.1, 0.15) is 35.1 Å². The number of ether oxygens (including phenoxy) is 1. The number of sulfonamides is 1. The Morgan fingerprint density at radius 1 is 1.15 bits per heavy atom. The summed E-state index contributed by atoms with van der Waals surface area (Å²) in [5, 5.41) is 2.34. The Kier molecular flexibility index (Phi) is 5.13. The van der Waals surface area contributed by atoms with Crippen molar-refractivity contribution in [3.63, 3.8) is 0 Å². The Morgan fingerprint density at radius 3 is 2.37 bits per heavy atom. The van der Waals surface area contributed by atoms with E-state index in [1.807, 2.05) is 4.90 Å². The quantitative estimate of drug-likeness (QED) is 0.764. The minimum Gasteiger partial charge on any atom is -0.383 e. The maximum absolute atomic E-state index is 12.5. The third kappa shape index (κ3) is 3.70. The van der Waals surface area contributed by atoms with Gasteiger partial charge in [0.2, 0.25) is 10.0 Å². The number of urea groups is 1. The molecule has 1 aromatic carbocycles. The van der Waals surface area contributed by atoms with Crippen molar-refractivity contribution in [2.24, 2.45) is 0 Å². The highest BCUT2D eigenvalue weighted by atomic mass is 32.2. The molecule has 3 aliphatic rings. The lowest BCUT2D eigenvalue weighted by Crippen LogP contribution is -2.59. The first-order valence-corrected chi connectivity index (χ1v) is 11.2. The van der Waals surface area contributed by atoms with Gasteiger partial charge in [0.05, 0.1) is 6.61 Å². The SMILES string of the molecule is COCCN1CC(S(=O)(=O)NC(=O)Nc2c3c(cc4c2CCC4)CCC3)C1. The predicted molar refractivity (Wildman–Crippen MR) is 104 cm³/mol. The normalized spacial score (nSPS) is 19.4. The van der Waals surface area contributed by atoms with Gasteiger partial charge in [0.1, 0.15) is 5.25 Å². The maximum atomic E-state index is 12.5. The van der Waals surface area contributed by atoms with Crippen LogP contribution in [0.15, 0.2) is 6.07 Å². The van der Waals surface area contributed by atoms with E-state index in [0.29, 0.717) is 26.2 Å². The Bertz CT molecular complexity index is 815. The molecule has 0 saturated carbocycles. The largest absolute Gasteiger partial charge is 0.383 e. The second-order valence-electron chi connectivity index (χ2n) is 7.71. The number of fused-ring (bicyclic) bond motifs is 2. The van der Waals surface area contributed by atoms with Crippen molar-refractivity contribution in [2.45, 2.75) is 43.8 Å². The third-order valence-electron chi connectivity index (χ3n) is 5.92. The summed E-state index contributed by atoms with van der Waals surface area (Å²) in [5.41, 5.74) is 5.86. The first kappa shape index (κ1) is 18.7. The molecule has 0 radical (unpaired) electrons. The lowest BCUT2D eigenvalue weighted by atomic mass is 9.99. The highest BCUT2D eigenvalue weighted by Gasteiger charge is 2.38. The van der Waals surface area contributed by atoms with Crippen molar-refractivity contribution < 1.29 is 17.9 Å². The molecule has 0 spiro atoms. The molecular formula is C19H27N3O4S. The number of amides is 2. The third-order valence-corrected chi connectivity index (χ3v) is 7.57. The van der Waals surface area contributed by atoms with Crippen molar-refractivity contribution in [1.29, 1.82) is 0 Å². The van der Waals surface area contributed by atoms with Gasteiger partial charge < -0.3 is 10.1 Å². The number of rotatable bonds is 6. The van der Waals surface area contributed by atoms with Crippen molar-refractivity contribution in [3.8, 4) is 0 Å². The summed E-state index contributed by atoms with van der Waals surface area (Å²) >= 11 is 0. The summed E-state index contributed by atoms with van der Waals surface area (Å²) in [6, 6.07) is 1.65. The molecule has 1 fully saturated rings. The van der Waals surface area contributed by atoms with E-state index in [1.54, 1.807) is 7.11 Å². The molecule has 27 heavy (non-hydrogen) atoms. The minimum absolute atomic E-state index is 0.433. The summed E-state index contributed by atoms with van der Waals surface area (Å²) in [6.45, 7) is 2.14. The molecule has 0 aromatic heterocycles. The fourth-order valence-electron chi connectivity index (χ4n) is 4.44. The number of aryl methyl sites for hydroxylation is 2. The van der Waals surface area contributed by atoms with E-state index in [4.69, 9.17) is 4.74 Å². The first-order chi connectivity index (χ1) is 13.0. The zero-order valence-electron chi connectivity index (χ0n) is 15.7. The van der Waals surface area contributed by atoms with Crippen molar-refractivity contribution in [2.75, 3.05) is 38.7 Å². The molecule has 7 nitrogen and oxygen atoms in total. The van der Waals surface area contributed by atoms with Crippen LogP contribution >= 0.6 is 0 Å². The minimum atomic E-state index is -3.67. The van der Waals surface area contributed by atoms with Gasteiger partial charge in [0, 0.05) is 32.4 Å². The monoisotopic (exact) mass is 393 g/mol. The number of likely N-dealkylation sites (tertiary alicyclic amines) is 1. The van der Waals surface area contributed by atoms with E-state index >= 15 is 0 Å². The molecule has 1 aromatic rings. The molecule has 0 atom stereocenters. The number of hydrogen-bond acceptors (Lipinski definition) is 5. The van der Waals surface area contributed by atoms with E-state index in [2.05, 4.69) is 16.1 Å². The van der Waals surface area contributed by atoms with Crippen molar-refractivity contribution in [3.05, 3.63) is 28.3 Å². The summed E-state index contributed by atoms with van der Waals surface area (Å²) in [5.74, 6) is 0. The second-order valence-corrected chi connectivity index (χ2v) is 9.67. The van der Waals surface area contributed by atoms with Crippen LogP contribution in [0.25, 0.3) is 0 Å². The van der Waals surface area contributed by atoms with Gasteiger partial charge in [-0.1, -0.05) is 6.07 Å². The number of hydrogen-bond donors (Lipinski definition) is 2. The molecule has 2 aliphatic carbocycles. The zero-order chi connectivity index (χ0) is 19.0. The van der Waals surface area contributed by atoms with Crippen LogP contribution in [0.2, 0.25) is 0 Å². The molecule has 2 amide bonds. The number of anilines is 1. The van der Waals surface area contributed by atoms with Gasteiger partial charge in [-0.2, -0.15) is 0 Å². The molecule has 1 heterocycles. The standard InChI is InChI=1S/C19H27N3O4S/c1-26-9-8-22-11-15(12-22)27(24,25)21-19(23)20-18-16-6-2-4-13(16)10-14-5-3-7-17(14)18/h10,15H,2-9,11-12H2,1H3,(H2,20,21,23). The summed E-state index contributed by atoms with van der Waals surface area (Å²) < 4.78 is 32.2. The van der Waals surface area contributed by atoms with Crippen LogP contribution in [0.5, 0.6) is 0 Å². The number of carbonyl (C=O) groups excluding carboxylic acids is 1. The molecule has 1 saturated heterocycles. The number of benzene rings is 1. The van der Waals surface area contributed by atoms with Crippen molar-refractivity contribution in [1.82, 2.24) is 9.62 Å². The lowest BCUT2D eigenvalue weighted by Gasteiger charge is -2.38. The Hall–Kier alpha value is -1.64. The van der Waals surface area contributed by atoms with Crippen molar-refractivity contribution >= 4 is 21.7 Å². The average molecular weight is 394 g/mol. The predicted octanol–water partition coefficient (Wildman–Crippen LogP) is 1.45. The summed E-state index contributed by atoms with van der Waals surface area (Å²) in [7, 11) is -2.05. The van der Waals surface area contributed by atoms with E-state index < -0.39 is 21.3 Å². The van der Waals surface area contributed by atoms with Crippen LogP contribution in [0.3, 0.4) is 0 Å². The van der Waals surface area contributed by atoms with E-state index in [-0.39, 0.29) is 0 Å². The van der Waals surface area contributed by atoms with Gasteiger partial charge in [0.15, 0.2) is 0 Å². The number of nitrogens with zero attached hydrogens (tertiary/aromatic N) is 1. The lowest BCUT2D eigenvalue weighted by molar-refractivity contribution is 0.113. The smallest absolute Gasteiger partial charge is 0.332 e. The summed E-state index contributed by atoms with van der Waals surface area (Å²) in [4.78, 5) is 14.5. The van der Waals surface area contributed by atoms with Gasteiger partial charge in [-0.05, 0) is 60.8 Å². The fraction of sp³-hybridized carbons (Fsp3) is 0.632. The molecular weight excluding hydrogens is 366 g/mol. The van der Waals surface area contributed by atoms with Crippen LogP contribution in [0.4, 0.5) is 10.5 Å². The molecule has 148 valence electrons. The molecule has 0 bridgehead atoms. The highest BCUT2D eigenvalue weighted by Crippen LogP contribution is 2.38. The van der Waals surface area contributed by atoms with Crippen LogP contribution < -0.4 is 10.0 Å². The average Bonchev–Trinajstić information content (AvgIpc) is 3.21. The highest BCUT2D eigenvalue weighted by molar-refractivity contribution is 7.90. The van der Waals surface area contributed by atoms with Gasteiger partial charge >= 0.3 is 6.03 Å².